The third-order valence-electron chi connectivity index (χ3n) is 6.12. The minimum absolute atomic E-state index is 0.137. The molecule has 0 aromatic heterocycles. The largest absolute Gasteiger partial charge is 0.463 e. The second-order valence-electron chi connectivity index (χ2n) is 9.90. The molecule has 2 aliphatic rings. The summed E-state index contributed by atoms with van der Waals surface area (Å²) in [6, 6.07) is 0. The van der Waals surface area contributed by atoms with Crippen LogP contribution < -0.4 is 0 Å². The molecule has 17 nitrogen and oxygen atoms in total. The van der Waals surface area contributed by atoms with Crippen molar-refractivity contribution in [2.75, 3.05) is 19.5 Å². The first-order valence-corrected chi connectivity index (χ1v) is 14.6. The molecule has 45 heavy (non-hydrogen) atoms. The van der Waals surface area contributed by atoms with E-state index in [4.69, 9.17) is 47.4 Å². The van der Waals surface area contributed by atoms with Crippen molar-refractivity contribution in [1.29, 1.82) is 0 Å². The van der Waals surface area contributed by atoms with Gasteiger partial charge in [-0.05, 0) is 0 Å². The van der Waals surface area contributed by atoms with Gasteiger partial charge in [-0.25, -0.2) is 0 Å². The van der Waals surface area contributed by atoms with Gasteiger partial charge in [-0.2, -0.15) is 0 Å². The van der Waals surface area contributed by atoms with E-state index in [9.17, 15) is 33.6 Å². The lowest BCUT2D eigenvalue weighted by molar-refractivity contribution is -0.356. The maximum Gasteiger partial charge on any atom is 0.303 e. The van der Waals surface area contributed by atoms with Crippen molar-refractivity contribution >= 4 is 52.7 Å². The first-order chi connectivity index (χ1) is 21.0. The molecule has 0 aromatic carbocycles. The van der Waals surface area contributed by atoms with Crippen LogP contribution in [-0.2, 0) is 80.9 Å². The van der Waals surface area contributed by atoms with Crippen LogP contribution in [0.1, 0.15) is 48.5 Å². The van der Waals surface area contributed by atoms with E-state index in [1.54, 1.807) is 0 Å². The van der Waals surface area contributed by atoms with Crippen LogP contribution in [0.5, 0.6) is 0 Å². The quantitative estimate of drug-likeness (QED) is 0.198. The van der Waals surface area contributed by atoms with Gasteiger partial charge in [0, 0.05) is 61.3 Å². The second kappa shape index (κ2) is 17.4. The van der Waals surface area contributed by atoms with Crippen molar-refractivity contribution in [2.45, 2.75) is 110 Å². The fourth-order valence-corrected chi connectivity index (χ4v) is 5.33. The molecule has 0 aliphatic carbocycles. The molecular weight excluding hydrogens is 628 g/mol. The van der Waals surface area contributed by atoms with Gasteiger partial charge in [0.1, 0.15) is 24.9 Å². The van der Waals surface area contributed by atoms with Crippen molar-refractivity contribution in [3.8, 4) is 0 Å². The Morgan fingerprint density at radius 1 is 0.533 bits per heavy atom. The number of ether oxygens (including phenoxy) is 10. The van der Waals surface area contributed by atoms with Crippen LogP contribution in [0.2, 0.25) is 0 Å². The minimum Gasteiger partial charge on any atom is -0.463 e. The summed E-state index contributed by atoms with van der Waals surface area (Å²) in [6.07, 6.45) is -14.5. The van der Waals surface area contributed by atoms with E-state index in [1.807, 2.05) is 0 Å². The van der Waals surface area contributed by atoms with Gasteiger partial charge in [-0.1, -0.05) is 11.8 Å². The molecule has 2 fully saturated rings. The Morgan fingerprint density at radius 3 is 1.40 bits per heavy atom. The molecular formula is C27H38O17S. The van der Waals surface area contributed by atoms with Crippen molar-refractivity contribution in [1.82, 2.24) is 0 Å². The lowest BCUT2D eigenvalue weighted by atomic mass is 9.96. The highest BCUT2D eigenvalue weighted by Crippen LogP contribution is 2.36. The van der Waals surface area contributed by atoms with Crippen LogP contribution in [0.3, 0.4) is 0 Å². The molecule has 0 radical (unpaired) electrons. The summed E-state index contributed by atoms with van der Waals surface area (Å²) in [4.78, 5) is 84.4. The predicted octanol–water partition coefficient (Wildman–Crippen LogP) is -0.0309. The highest BCUT2D eigenvalue weighted by Gasteiger charge is 2.57. The molecule has 2 heterocycles. The van der Waals surface area contributed by atoms with Gasteiger partial charge in [0.05, 0.1) is 0 Å². The van der Waals surface area contributed by atoms with Crippen molar-refractivity contribution in [3.63, 3.8) is 0 Å². The molecule has 0 aromatic rings. The topological polar surface area (TPSA) is 212 Å². The SMILES string of the molecule is CO[C@H]1O[C@H](COC(C)=O)[C@@H](OC(C)=O)[C@H](O[C@@H]2O[C@H](CSC(C)=O)[C@@H](OC(C)=O)[C@H](OC(C)=O)[C@H]2OC(C)=O)[C@H]1OC(C)=O. The molecule has 0 N–H and O–H groups in total. The Bertz CT molecular complexity index is 1110. The molecule has 2 rings (SSSR count). The maximum atomic E-state index is 12.3. The van der Waals surface area contributed by atoms with Crippen LogP contribution in [0.15, 0.2) is 0 Å². The second-order valence-corrected chi connectivity index (χ2v) is 11.1. The number of rotatable bonds is 12. The normalized spacial score (nSPS) is 31.1. The van der Waals surface area contributed by atoms with Gasteiger partial charge in [0.2, 0.25) is 0 Å². The van der Waals surface area contributed by atoms with Crippen molar-refractivity contribution in [2.24, 2.45) is 0 Å². The summed E-state index contributed by atoms with van der Waals surface area (Å²) in [5.41, 5.74) is 0. The van der Waals surface area contributed by atoms with E-state index in [0.717, 1.165) is 53.3 Å². The number of carbonyl (C=O) groups is 7. The van der Waals surface area contributed by atoms with Crippen LogP contribution in [-0.4, -0.2) is 122 Å². The predicted molar refractivity (Wildman–Crippen MR) is 147 cm³/mol. The molecule has 0 amide bonds. The maximum absolute atomic E-state index is 12.3. The van der Waals surface area contributed by atoms with Crippen LogP contribution >= 0.6 is 11.8 Å². The Labute approximate surface area is 263 Å². The van der Waals surface area contributed by atoms with Gasteiger partial charge >= 0.3 is 35.8 Å². The van der Waals surface area contributed by atoms with Gasteiger partial charge in [-0.15, -0.1) is 0 Å². The number of thioether (sulfide) groups is 1. The molecule has 10 atom stereocenters. The first kappa shape index (κ1) is 37.9. The van der Waals surface area contributed by atoms with Gasteiger partial charge in [-0.3, -0.25) is 33.6 Å². The summed E-state index contributed by atoms with van der Waals surface area (Å²) in [6.45, 7) is 7.34. The van der Waals surface area contributed by atoms with E-state index in [2.05, 4.69) is 0 Å². The first-order valence-electron chi connectivity index (χ1n) is 13.7. The summed E-state index contributed by atoms with van der Waals surface area (Å²) < 4.78 is 55.9. The summed E-state index contributed by atoms with van der Waals surface area (Å²) in [7, 11) is 1.22. The number of methoxy groups -OCH3 is 1. The van der Waals surface area contributed by atoms with Crippen molar-refractivity contribution in [3.05, 3.63) is 0 Å². The van der Waals surface area contributed by atoms with Crippen LogP contribution in [0, 0.1) is 0 Å². The Morgan fingerprint density at radius 2 is 0.956 bits per heavy atom. The van der Waals surface area contributed by atoms with E-state index in [0.29, 0.717) is 0 Å². The lowest BCUT2D eigenvalue weighted by Crippen LogP contribution is -2.67. The molecule has 0 saturated carbocycles. The summed E-state index contributed by atoms with van der Waals surface area (Å²) >= 11 is 0.798. The van der Waals surface area contributed by atoms with E-state index < -0.39 is 104 Å². The number of carbonyl (C=O) groups excluding carboxylic acids is 7. The smallest absolute Gasteiger partial charge is 0.303 e. The fraction of sp³-hybridized carbons (Fsp3) is 0.741. The Kier molecular flexibility index (Phi) is 14.6. The third-order valence-corrected chi connectivity index (χ3v) is 7.02. The molecule has 0 bridgehead atoms. The number of esters is 6. The van der Waals surface area contributed by atoms with E-state index >= 15 is 0 Å². The highest BCUT2D eigenvalue weighted by molar-refractivity contribution is 8.13. The zero-order valence-electron chi connectivity index (χ0n) is 26.0. The Hall–Kier alpha value is -3.32. The standard InChI is InChI=1S/C27H38O17S/c1-11(28)36-9-18-20(37-12(2)29)23(24(40-15(5)32)26(35-8)42-18)44-27-25(41-16(6)33)22(39-14(4)31)21(38-13(3)30)19(43-27)10-45-17(7)34/h18-27H,9-10H2,1-8H3/t18-,19-,20-,21-,22+,23+,24-,25-,26+,27+/m1/s1. The molecule has 18 heteroatoms. The molecule has 0 unspecified atom stereocenters. The third kappa shape index (κ3) is 11.5. The van der Waals surface area contributed by atoms with E-state index in [1.165, 1.54) is 14.0 Å². The minimum atomic E-state index is -1.70. The molecule has 254 valence electrons. The fourth-order valence-electron chi connectivity index (χ4n) is 4.66. The average molecular weight is 667 g/mol. The molecule has 0 spiro atoms. The van der Waals surface area contributed by atoms with E-state index in [-0.39, 0.29) is 10.9 Å². The van der Waals surface area contributed by atoms with Crippen molar-refractivity contribution < 1.29 is 80.9 Å². The van der Waals surface area contributed by atoms with Crippen LogP contribution in [0.4, 0.5) is 0 Å². The monoisotopic (exact) mass is 666 g/mol. The van der Waals surface area contributed by atoms with Gasteiger partial charge in [0.15, 0.2) is 48.2 Å². The number of hydrogen-bond donors (Lipinski definition) is 0. The summed E-state index contributed by atoms with van der Waals surface area (Å²) in [5.74, 6) is -5.00. The average Bonchev–Trinajstić information content (AvgIpc) is 2.90. The Balaban J connectivity index is 2.70. The van der Waals surface area contributed by atoms with Gasteiger partial charge < -0.3 is 47.4 Å². The van der Waals surface area contributed by atoms with Crippen LogP contribution in [0.25, 0.3) is 0 Å². The zero-order valence-corrected chi connectivity index (χ0v) is 26.9. The zero-order chi connectivity index (χ0) is 34.0. The lowest BCUT2D eigenvalue weighted by Gasteiger charge is -2.48. The molecule has 2 saturated heterocycles. The summed E-state index contributed by atoms with van der Waals surface area (Å²) in [5, 5.41) is -0.325. The number of hydrogen-bond acceptors (Lipinski definition) is 18. The van der Waals surface area contributed by atoms with Gasteiger partial charge in [0.25, 0.3) is 0 Å². The highest BCUT2D eigenvalue weighted by atomic mass is 32.2. The molecule has 2 aliphatic heterocycles.